The number of methoxy groups -OCH3 is 1. The third-order valence-electron chi connectivity index (χ3n) is 4.84. The monoisotopic (exact) mass is 293 g/mol. The number of piperazine rings is 1. The second kappa shape index (κ2) is 6.30. The number of hydrogen-bond donors (Lipinski definition) is 1. The maximum Gasteiger partial charge on any atom is 0.165 e. The molecular formula is C16H24FN3O. The van der Waals surface area contributed by atoms with Gasteiger partial charge in [-0.1, -0.05) is 6.07 Å². The van der Waals surface area contributed by atoms with Crippen molar-refractivity contribution in [2.45, 2.75) is 24.9 Å². The lowest BCUT2D eigenvalue weighted by molar-refractivity contribution is 0.0736. The van der Waals surface area contributed by atoms with E-state index in [-0.39, 0.29) is 17.6 Å². The zero-order valence-electron chi connectivity index (χ0n) is 12.6. The van der Waals surface area contributed by atoms with Gasteiger partial charge in [0.05, 0.1) is 7.11 Å². The number of nitrogens with two attached hydrogens (primary N) is 1. The number of fused-ring (bicyclic) bond motifs is 1. The molecule has 2 aliphatic heterocycles. The molecule has 0 amide bonds. The third kappa shape index (κ3) is 2.91. The van der Waals surface area contributed by atoms with Crippen molar-refractivity contribution in [3.63, 3.8) is 0 Å². The molecule has 2 N–H and O–H groups in total. The van der Waals surface area contributed by atoms with Crippen LogP contribution in [0.4, 0.5) is 4.39 Å². The van der Waals surface area contributed by atoms with E-state index in [1.54, 1.807) is 12.1 Å². The molecule has 21 heavy (non-hydrogen) atoms. The molecule has 5 heteroatoms. The summed E-state index contributed by atoms with van der Waals surface area (Å²) in [4.78, 5) is 4.98. The number of nitrogens with zero attached hydrogens (tertiary/aromatic N) is 2. The van der Waals surface area contributed by atoms with Crippen molar-refractivity contribution >= 4 is 0 Å². The Morgan fingerprint density at radius 3 is 2.95 bits per heavy atom. The van der Waals surface area contributed by atoms with Gasteiger partial charge in [-0.25, -0.2) is 4.39 Å². The first-order valence-electron chi connectivity index (χ1n) is 7.74. The normalized spacial score (nSPS) is 24.8. The molecule has 2 heterocycles. The largest absolute Gasteiger partial charge is 0.494 e. The summed E-state index contributed by atoms with van der Waals surface area (Å²) in [6.45, 7) is 4.88. The van der Waals surface area contributed by atoms with E-state index in [1.807, 2.05) is 6.07 Å². The van der Waals surface area contributed by atoms with Gasteiger partial charge < -0.3 is 10.5 Å². The third-order valence-corrected chi connectivity index (χ3v) is 4.84. The smallest absolute Gasteiger partial charge is 0.165 e. The van der Waals surface area contributed by atoms with Crippen molar-refractivity contribution in [3.8, 4) is 5.75 Å². The molecule has 0 aliphatic carbocycles. The molecule has 2 atom stereocenters. The van der Waals surface area contributed by atoms with Gasteiger partial charge in [0, 0.05) is 38.3 Å². The Labute approximate surface area is 125 Å². The van der Waals surface area contributed by atoms with Crippen LogP contribution in [-0.4, -0.2) is 55.7 Å². The van der Waals surface area contributed by atoms with E-state index in [1.165, 1.54) is 26.5 Å². The minimum atomic E-state index is -0.312. The first kappa shape index (κ1) is 14.8. The Hall–Kier alpha value is -1.17. The lowest BCUT2D eigenvalue weighted by atomic mass is 10.0. The average Bonchev–Trinajstić information content (AvgIpc) is 2.96. The van der Waals surface area contributed by atoms with E-state index in [2.05, 4.69) is 9.80 Å². The molecular weight excluding hydrogens is 269 g/mol. The van der Waals surface area contributed by atoms with Gasteiger partial charge in [0.1, 0.15) is 0 Å². The Bertz CT molecular complexity index is 496. The molecule has 0 saturated carbocycles. The fraction of sp³-hybridized carbons (Fsp3) is 0.625. The van der Waals surface area contributed by atoms with Gasteiger partial charge in [0.25, 0.3) is 0 Å². The van der Waals surface area contributed by atoms with E-state index in [4.69, 9.17) is 10.5 Å². The van der Waals surface area contributed by atoms with Gasteiger partial charge in [-0.05, 0) is 37.1 Å². The average molecular weight is 293 g/mol. The van der Waals surface area contributed by atoms with Crippen molar-refractivity contribution in [1.82, 2.24) is 9.80 Å². The van der Waals surface area contributed by atoms with E-state index in [0.717, 1.165) is 25.2 Å². The van der Waals surface area contributed by atoms with Gasteiger partial charge in [-0.2, -0.15) is 0 Å². The maximum atomic E-state index is 13.9. The van der Waals surface area contributed by atoms with Crippen LogP contribution in [-0.2, 0) is 0 Å². The van der Waals surface area contributed by atoms with Gasteiger partial charge >= 0.3 is 0 Å². The predicted octanol–water partition coefficient (Wildman–Crippen LogP) is 1.61. The second-order valence-corrected chi connectivity index (χ2v) is 5.97. The molecule has 3 rings (SSSR count). The standard InChI is InChI=1S/C16H24FN3O/c1-21-16-5-4-12(9-14(16)17)15(10-18)20-8-7-19-6-2-3-13(19)11-20/h4-5,9,13,15H,2-3,6-8,10-11,18H2,1H3. The predicted molar refractivity (Wildman–Crippen MR) is 80.9 cm³/mol. The Morgan fingerprint density at radius 2 is 2.24 bits per heavy atom. The number of hydrogen-bond acceptors (Lipinski definition) is 4. The molecule has 1 aromatic carbocycles. The number of rotatable bonds is 4. The molecule has 116 valence electrons. The lowest BCUT2D eigenvalue weighted by Gasteiger charge is -2.41. The minimum Gasteiger partial charge on any atom is -0.494 e. The topological polar surface area (TPSA) is 41.7 Å². The molecule has 2 aliphatic rings. The van der Waals surface area contributed by atoms with Crippen LogP contribution in [0.5, 0.6) is 5.75 Å². The summed E-state index contributed by atoms with van der Waals surface area (Å²) in [5.74, 6) is -0.0249. The zero-order valence-corrected chi connectivity index (χ0v) is 12.6. The molecule has 2 unspecified atom stereocenters. The Morgan fingerprint density at radius 1 is 1.38 bits per heavy atom. The highest BCUT2D eigenvalue weighted by Crippen LogP contribution is 2.29. The molecule has 0 radical (unpaired) electrons. The quantitative estimate of drug-likeness (QED) is 0.916. The summed E-state index contributed by atoms with van der Waals surface area (Å²) < 4.78 is 18.9. The first-order chi connectivity index (χ1) is 10.2. The molecule has 1 aromatic rings. The highest BCUT2D eigenvalue weighted by molar-refractivity contribution is 5.31. The van der Waals surface area contributed by atoms with Crippen LogP contribution >= 0.6 is 0 Å². The highest BCUT2D eigenvalue weighted by Gasteiger charge is 2.33. The fourth-order valence-electron chi connectivity index (χ4n) is 3.68. The van der Waals surface area contributed by atoms with E-state index < -0.39 is 0 Å². The van der Waals surface area contributed by atoms with Crippen molar-refractivity contribution < 1.29 is 9.13 Å². The first-order valence-corrected chi connectivity index (χ1v) is 7.74. The van der Waals surface area contributed by atoms with Gasteiger partial charge in [-0.15, -0.1) is 0 Å². The molecule has 0 aromatic heterocycles. The van der Waals surface area contributed by atoms with E-state index in [9.17, 15) is 4.39 Å². The maximum absolute atomic E-state index is 13.9. The molecule has 2 saturated heterocycles. The van der Waals surface area contributed by atoms with E-state index >= 15 is 0 Å². The van der Waals surface area contributed by atoms with Crippen LogP contribution in [0.2, 0.25) is 0 Å². The van der Waals surface area contributed by atoms with E-state index in [0.29, 0.717) is 12.6 Å². The molecule has 0 spiro atoms. The number of benzene rings is 1. The summed E-state index contributed by atoms with van der Waals surface area (Å²) in [5, 5.41) is 0. The molecule has 4 nitrogen and oxygen atoms in total. The van der Waals surface area contributed by atoms with Crippen LogP contribution in [0.15, 0.2) is 18.2 Å². The summed E-state index contributed by atoms with van der Waals surface area (Å²) in [6, 6.07) is 5.93. The number of ether oxygens (including phenoxy) is 1. The van der Waals surface area contributed by atoms with Crippen molar-refractivity contribution in [1.29, 1.82) is 0 Å². The summed E-state index contributed by atoms with van der Waals surface area (Å²) in [7, 11) is 1.48. The van der Waals surface area contributed by atoms with Crippen molar-refractivity contribution in [3.05, 3.63) is 29.6 Å². The van der Waals surface area contributed by atoms with Crippen LogP contribution in [0.3, 0.4) is 0 Å². The summed E-state index contributed by atoms with van der Waals surface area (Å²) in [6.07, 6.45) is 2.56. The van der Waals surface area contributed by atoms with Crippen LogP contribution in [0.1, 0.15) is 24.4 Å². The van der Waals surface area contributed by atoms with Crippen LogP contribution in [0, 0.1) is 5.82 Å². The van der Waals surface area contributed by atoms with Gasteiger partial charge in [0.15, 0.2) is 11.6 Å². The van der Waals surface area contributed by atoms with Gasteiger partial charge in [-0.3, -0.25) is 9.80 Å². The second-order valence-electron chi connectivity index (χ2n) is 5.97. The lowest BCUT2D eigenvalue weighted by Crippen LogP contribution is -2.52. The molecule has 0 bridgehead atoms. The minimum absolute atomic E-state index is 0.0909. The van der Waals surface area contributed by atoms with Crippen LogP contribution < -0.4 is 10.5 Å². The summed E-state index contributed by atoms with van der Waals surface area (Å²) >= 11 is 0. The fourth-order valence-corrected chi connectivity index (χ4v) is 3.68. The highest BCUT2D eigenvalue weighted by atomic mass is 19.1. The van der Waals surface area contributed by atoms with Crippen LogP contribution in [0.25, 0.3) is 0 Å². The Kier molecular flexibility index (Phi) is 4.42. The zero-order chi connectivity index (χ0) is 14.8. The summed E-state index contributed by atoms with van der Waals surface area (Å²) in [5.41, 5.74) is 6.93. The van der Waals surface area contributed by atoms with Gasteiger partial charge in [0.2, 0.25) is 0 Å². The SMILES string of the molecule is COc1ccc(C(CN)N2CCN3CCCC3C2)cc1F. The number of halogens is 1. The molecule has 2 fully saturated rings. The van der Waals surface area contributed by atoms with Crippen molar-refractivity contribution in [2.75, 3.05) is 39.8 Å². The Balaban J connectivity index is 1.76. The van der Waals surface area contributed by atoms with Crippen molar-refractivity contribution in [2.24, 2.45) is 5.73 Å².